The van der Waals surface area contributed by atoms with Crippen LogP contribution in [0.1, 0.15) is 76.1 Å². The fourth-order valence-electron chi connectivity index (χ4n) is 2.61. The van der Waals surface area contributed by atoms with E-state index < -0.39 is 0 Å². The number of aromatic nitrogens is 1. The molecule has 1 heterocycles. The first-order valence-electron chi connectivity index (χ1n) is 8.20. The number of aryl methyl sites for hydroxylation is 2. The van der Waals surface area contributed by atoms with Gasteiger partial charge in [-0.25, -0.2) is 0 Å². The summed E-state index contributed by atoms with van der Waals surface area (Å²) in [6, 6.07) is 0. The van der Waals surface area contributed by atoms with Crippen molar-refractivity contribution in [2.45, 2.75) is 78.6 Å². The van der Waals surface area contributed by atoms with E-state index in [1.54, 1.807) is 16.3 Å². The van der Waals surface area contributed by atoms with Crippen LogP contribution in [0.25, 0.3) is 0 Å². The molecule has 19 heavy (non-hydrogen) atoms. The van der Waals surface area contributed by atoms with Gasteiger partial charge in [0.2, 0.25) is 0 Å². The maximum Gasteiger partial charge on any atom is 0.0434 e. The van der Waals surface area contributed by atoms with Gasteiger partial charge in [0, 0.05) is 22.1 Å². The first kappa shape index (κ1) is 16.4. The number of rotatable bonds is 9. The monoisotopic (exact) mass is 277 g/mol. The Hall–Kier alpha value is -0.633. The lowest BCUT2D eigenvalue weighted by molar-refractivity contribution is 0.737. The summed E-state index contributed by atoms with van der Waals surface area (Å²) in [5.41, 5.74) is 4.57. The Morgan fingerprint density at radius 2 is 1.47 bits per heavy atom. The average Bonchev–Trinajstić information content (AvgIpc) is 2.43. The molecule has 0 N–H and O–H groups in total. The predicted molar refractivity (Wildman–Crippen MR) is 89.6 cm³/mol. The summed E-state index contributed by atoms with van der Waals surface area (Å²) in [5.74, 6) is 0. The molecule has 0 spiro atoms. The van der Waals surface area contributed by atoms with Crippen molar-refractivity contribution < 1.29 is 0 Å². The molecule has 0 aliphatic rings. The lowest BCUT2D eigenvalue weighted by Gasteiger charge is -2.15. The van der Waals surface area contributed by atoms with Crippen LogP contribution in [-0.4, -0.2) is 15.2 Å². The molecule has 1 aromatic rings. The third-order valence-electron chi connectivity index (χ3n) is 4.01. The molecule has 0 unspecified atom stereocenters. The zero-order chi connectivity index (χ0) is 14.1. The number of hydrogen-bond acceptors (Lipinski definition) is 1. The number of unbranched alkanes of at least 4 members (excludes halogenated alkanes) is 3. The highest BCUT2D eigenvalue weighted by Gasteiger charge is 2.10. The van der Waals surface area contributed by atoms with Gasteiger partial charge in [-0.2, -0.15) is 0 Å². The molecule has 1 rings (SSSR count). The van der Waals surface area contributed by atoms with E-state index in [1.165, 1.54) is 73.7 Å². The minimum atomic E-state index is 1.18. The molecule has 0 aliphatic heterocycles. The molecular formula is C17H31NSi. The third-order valence-corrected chi connectivity index (χ3v) is 5.25. The first-order valence-corrected chi connectivity index (χ1v) is 9.20. The highest BCUT2D eigenvalue weighted by atomic mass is 28.1. The SMILES string of the molecule is CCCCc1cnc(CCCC)c(CCCC)c1[SiH3]. The van der Waals surface area contributed by atoms with Crippen LogP contribution in [0.2, 0.25) is 0 Å². The van der Waals surface area contributed by atoms with Crippen LogP contribution in [0.4, 0.5) is 0 Å². The van der Waals surface area contributed by atoms with Crippen molar-refractivity contribution in [1.29, 1.82) is 0 Å². The molecule has 0 saturated carbocycles. The van der Waals surface area contributed by atoms with Gasteiger partial charge in [-0.1, -0.05) is 45.2 Å². The Balaban J connectivity index is 2.94. The standard InChI is InChI=1S/C17H31NSi/c1-4-7-10-14-13-18-16(12-9-6-3)15(17(14)19)11-8-5-2/h13H,4-12H2,1-3,19H3. The van der Waals surface area contributed by atoms with Crippen LogP contribution in [-0.2, 0) is 19.3 Å². The molecule has 0 aromatic carbocycles. The second-order valence-electron chi connectivity index (χ2n) is 5.64. The minimum absolute atomic E-state index is 1.18. The summed E-state index contributed by atoms with van der Waals surface area (Å²) in [4.78, 5) is 4.81. The van der Waals surface area contributed by atoms with Crippen molar-refractivity contribution in [2.24, 2.45) is 0 Å². The molecule has 0 saturated heterocycles. The molecule has 0 radical (unpaired) electrons. The fourth-order valence-corrected chi connectivity index (χ4v) is 3.52. The maximum absolute atomic E-state index is 4.81. The molecule has 0 bridgehead atoms. The number of nitrogens with zero attached hydrogens (tertiary/aromatic N) is 1. The van der Waals surface area contributed by atoms with Gasteiger partial charge in [-0.15, -0.1) is 0 Å². The highest BCUT2D eigenvalue weighted by molar-refractivity contribution is 6.34. The van der Waals surface area contributed by atoms with Gasteiger partial charge in [0.25, 0.3) is 0 Å². The Morgan fingerprint density at radius 3 is 2.11 bits per heavy atom. The van der Waals surface area contributed by atoms with Gasteiger partial charge in [0.05, 0.1) is 0 Å². The Labute approximate surface area is 122 Å². The summed E-state index contributed by atoms with van der Waals surface area (Å²) in [6.45, 7) is 6.82. The van der Waals surface area contributed by atoms with Crippen LogP contribution in [0, 0.1) is 0 Å². The van der Waals surface area contributed by atoms with Crippen molar-refractivity contribution in [2.75, 3.05) is 0 Å². The van der Waals surface area contributed by atoms with E-state index in [0.29, 0.717) is 0 Å². The first-order chi connectivity index (χ1) is 9.24. The van der Waals surface area contributed by atoms with Gasteiger partial charge >= 0.3 is 0 Å². The zero-order valence-corrected chi connectivity index (χ0v) is 15.4. The van der Waals surface area contributed by atoms with Gasteiger partial charge in [0.15, 0.2) is 0 Å². The quantitative estimate of drug-likeness (QED) is 0.632. The summed E-state index contributed by atoms with van der Waals surface area (Å²) in [7, 11) is 1.18. The lowest BCUT2D eigenvalue weighted by atomic mass is 9.99. The summed E-state index contributed by atoms with van der Waals surface area (Å²) in [6.07, 6.45) is 13.6. The molecule has 0 amide bonds. The molecular weight excluding hydrogens is 246 g/mol. The summed E-state index contributed by atoms with van der Waals surface area (Å²) in [5, 5.41) is 1.67. The number of hydrogen-bond donors (Lipinski definition) is 0. The minimum Gasteiger partial charge on any atom is -0.261 e. The lowest BCUT2D eigenvalue weighted by Crippen LogP contribution is -2.21. The van der Waals surface area contributed by atoms with Gasteiger partial charge in [0.1, 0.15) is 0 Å². The third kappa shape index (κ3) is 5.10. The Bertz CT molecular complexity index is 374. The van der Waals surface area contributed by atoms with Crippen molar-refractivity contribution >= 4 is 15.4 Å². The fraction of sp³-hybridized carbons (Fsp3) is 0.706. The van der Waals surface area contributed by atoms with Crippen molar-refractivity contribution in [3.05, 3.63) is 23.0 Å². The smallest absolute Gasteiger partial charge is 0.0434 e. The van der Waals surface area contributed by atoms with E-state index >= 15 is 0 Å². The topological polar surface area (TPSA) is 12.9 Å². The molecule has 0 aliphatic carbocycles. The molecule has 2 heteroatoms. The summed E-state index contributed by atoms with van der Waals surface area (Å²) >= 11 is 0. The number of pyridine rings is 1. The van der Waals surface area contributed by atoms with Crippen LogP contribution >= 0.6 is 0 Å². The molecule has 1 nitrogen and oxygen atoms in total. The maximum atomic E-state index is 4.81. The van der Waals surface area contributed by atoms with E-state index in [4.69, 9.17) is 4.98 Å². The molecule has 1 aromatic heterocycles. The van der Waals surface area contributed by atoms with E-state index in [2.05, 4.69) is 27.0 Å². The van der Waals surface area contributed by atoms with E-state index in [1.807, 2.05) is 0 Å². The second-order valence-corrected chi connectivity index (χ2v) is 6.64. The van der Waals surface area contributed by atoms with Crippen LogP contribution in [0.5, 0.6) is 0 Å². The van der Waals surface area contributed by atoms with Crippen LogP contribution in [0.15, 0.2) is 6.20 Å². The van der Waals surface area contributed by atoms with Crippen LogP contribution < -0.4 is 5.19 Å². The van der Waals surface area contributed by atoms with Crippen molar-refractivity contribution in [3.8, 4) is 0 Å². The molecule has 0 atom stereocenters. The Kier molecular flexibility index (Phi) is 8.04. The van der Waals surface area contributed by atoms with Crippen LogP contribution in [0.3, 0.4) is 0 Å². The molecule has 108 valence electrons. The Morgan fingerprint density at radius 1 is 0.895 bits per heavy atom. The van der Waals surface area contributed by atoms with Crippen molar-refractivity contribution in [1.82, 2.24) is 4.98 Å². The van der Waals surface area contributed by atoms with E-state index in [9.17, 15) is 0 Å². The van der Waals surface area contributed by atoms with E-state index in [-0.39, 0.29) is 0 Å². The zero-order valence-electron chi connectivity index (χ0n) is 13.4. The summed E-state index contributed by atoms with van der Waals surface area (Å²) < 4.78 is 0. The van der Waals surface area contributed by atoms with Gasteiger partial charge in [-0.05, 0) is 49.7 Å². The second kappa shape index (κ2) is 9.30. The van der Waals surface area contributed by atoms with E-state index in [0.717, 1.165) is 0 Å². The highest BCUT2D eigenvalue weighted by Crippen LogP contribution is 2.14. The average molecular weight is 278 g/mol. The van der Waals surface area contributed by atoms with Gasteiger partial charge in [-0.3, -0.25) is 4.98 Å². The largest absolute Gasteiger partial charge is 0.261 e. The predicted octanol–water partition coefficient (Wildman–Crippen LogP) is 3.10. The van der Waals surface area contributed by atoms with Crippen molar-refractivity contribution in [3.63, 3.8) is 0 Å². The van der Waals surface area contributed by atoms with Gasteiger partial charge < -0.3 is 0 Å². The normalized spacial score (nSPS) is 11.1. The molecule has 0 fully saturated rings.